The second-order valence-corrected chi connectivity index (χ2v) is 5.05. The molecular weight excluding hydrogens is 277 g/mol. The molecule has 1 heterocycles. The molecule has 0 fully saturated rings. The van der Waals surface area contributed by atoms with E-state index in [-0.39, 0.29) is 25.7 Å². The number of amidine groups is 1. The van der Waals surface area contributed by atoms with Crippen molar-refractivity contribution < 1.29 is 18.7 Å². The highest BCUT2D eigenvalue weighted by molar-refractivity contribution is 5.91. The summed E-state index contributed by atoms with van der Waals surface area (Å²) < 4.78 is 24.2. The zero-order chi connectivity index (χ0) is 15.5. The molecule has 0 saturated heterocycles. The van der Waals surface area contributed by atoms with Gasteiger partial charge >= 0.3 is 0 Å². The van der Waals surface area contributed by atoms with E-state index in [1.54, 1.807) is 6.92 Å². The summed E-state index contributed by atoms with van der Waals surface area (Å²) in [7, 11) is 1.42. The van der Waals surface area contributed by atoms with Crippen molar-refractivity contribution in [3.8, 4) is 0 Å². The summed E-state index contributed by atoms with van der Waals surface area (Å²) in [5, 5.41) is 2.63. The number of nitrogens with two attached hydrogens (primary N) is 1. The van der Waals surface area contributed by atoms with E-state index in [9.17, 15) is 9.18 Å². The summed E-state index contributed by atoms with van der Waals surface area (Å²) in [5.74, 6) is -0.426. The van der Waals surface area contributed by atoms with Gasteiger partial charge in [0.2, 0.25) is 5.91 Å². The highest BCUT2D eigenvalue weighted by Gasteiger charge is 2.32. The summed E-state index contributed by atoms with van der Waals surface area (Å²) >= 11 is 0. The zero-order valence-electron chi connectivity index (χ0n) is 12.0. The second-order valence-electron chi connectivity index (χ2n) is 5.05. The van der Waals surface area contributed by atoms with Crippen LogP contribution in [0.25, 0.3) is 0 Å². The van der Waals surface area contributed by atoms with Crippen molar-refractivity contribution in [3.05, 3.63) is 29.6 Å². The van der Waals surface area contributed by atoms with E-state index in [0.29, 0.717) is 17.1 Å². The van der Waals surface area contributed by atoms with Crippen LogP contribution >= 0.6 is 0 Å². The first kappa shape index (κ1) is 15.4. The molecule has 1 unspecified atom stereocenters. The number of anilines is 1. The number of rotatable bonds is 4. The van der Waals surface area contributed by atoms with E-state index in [1.165, 1.54) is 25.3 Å². The summed E-state index contributed by atoms with van der Waals surface area (Å²) in [6, 6.07) is 4.30. The van der Waals surface area contributed by atoms with Gasteiger partial charge in [0, 0.05) is 18.4 Å². The van der Waals surface area contributed by atoms with Crippen LogP contribution in [0.5, 0.6) is 0 Å². The van der Waals surface area contributed by atoms with Crippen molar-refractivity contribution in [2.75, 3.05) is 32.2 Å². The third kappa shape index (κ3) is 3.56. The van der Waals surface area contributed by atoms with Crippen LogP contribution in [0, 0.1) is 5.82 Å². The molecule has 1 aliphatic rings. The minimum absolute atomic E-state index is 0.0712. The lowest BCUT2D eigenvalue weighted by molar-refractivity contribution is -0.119. The predicted molar refractivity (Wildman–Crippen MR) is 76.7 cm³/mol. The number of nitrogens with one attached hydrogen (secondary N) is 1. The summed E-state index contributed by atoms with van der Waals surface area (Å²) in [4.78, 5) is 15.8. The minimum atomic E-state index is -0.908. The zero-order valence-corrected chi connectivity index (χ0v) is 12.0. The molecule has 3 N–H and O–H groups in total. The normalized spacial score (nSPS) is 21.8. The van der Waals surface area contributed by atoms with Gasteiger partial charge in [-0.15, -0.1) is 0 Å². The quantitative estimate of drug-likeness (QED) is 0.868. The first-order valence-electron chi connectivity index (χ1n) is 6.45. The van der Waals surface area contributed by atoms with Gasteiger partial charge in [0.15, 0.2) is 0 Å². The second kappa shape index (κ2) is 6.19. The smallest absolute Gasteiger partial charge is 0.250 e. The van der Waals surface area contributed by atoms with Crippen LogP contribution in [0.4, 0.5) is 10.1 Å². The molecule has 0 spiro atoms. The standard InChI is InChI=1S/C14H18FN3O3/c1-14(8-21-6-12(16)18-14)10-5-9(3-4-11(10)15)17-13(19)7-20-2/h3-5H,6-8H2,1-2H3,(H2,16,18)(H,17,19). The fourth-order valence-electron chi connectivity index (χ4n) is 2.22. The highest BCUT2D eigenvalue weighted by atomic mass is 19.1. The Kier molecular flexibility index (Phi) is 4.54. The Morgan fingerprint density at radius 2 is 2.38 bits per heavy atom. The Labute approximate surface area is 122 Å². The number of amides is 1. The van der Waals surface area contributed by atoms with Gasteiger partial charge in [-0.05, 0) is 25.1 Å². The molecule has 1 amide bonds. The Morgan fingerprint density at radius 3 is 3.05 bits per heavy atom. The van der Waals surface area contributed by atoms with Crippen molar-refractivity contribution >= 4 is 17.4 Å². The molecule has 0 bridgehead atoms. The number of aliphatic imine (C=N–C) groups is 1. The molecule has 114 valence electrons. The molecule has 2 rings (SSSR count). The van der Waals surface area contributed by atoms with Gasteiger partial charge in [-0.2, -0.15) is 0 Å². The van der Waals surface area contributed by atoms with Gasteiger partial charge in [0.05, 0.1) is 6.61 Å². The maximum Gasteiger partial charge on any atom is 0.250 e. The Balaban J connectivity index is 2.31. The number of benzene rings is 1. The van der Waals surface area contributed by atoms with E-state index < -0.39 is 11.4 Å². The number of carbonyl (C=O) groups is 1. The van der Waals surface area contributed by atoms with Crippen LogP contribution < -0.4 is 11.1 Å². The Hall–Kier alpha value is -1.99. The monoisotopic (exact) mass is 295 g/mol. The average molecular weight is 295 g/mol. The lowest BCUT2D eigenvalue weighted by atomic mass is 9.92. The van der Waals surface area contributed by atoms with Gasteiger partial charge in [-0.1, -0.05) is 0 Å². The topological polar surface area (TPSA) is 85.9 Å². The first-order chi connectivity index (χ1) is 9.94. The molecule has 0 aliphatic carbocycles. The molecule has 0 aromatic heterocycles. The molecule has 0 radical (unpaired) electrons. The predicted octanol–water partition coefficient (Wildman–Crippen LogP) is 1.01. The van der Waals surface area contributed by atoms with Crippen LogP contribution in [0.15, 0.2) is 23.2 Å². The van der Waals surface area contributed by atoms with Crippen LogP contribution in [0.1, 0.15) is 12.5 Å². The first-order valence-corrected chi connectivity index (χ1v) is 6.45. The average Bonchev–Trinajstić information content (AvgIpc) is 2.41. The maximum absolute atomic E-state index is 14.1. The van der Waals surface area contributed by atoms with Crippen molar-refractivity contribution in [1.82, 2.24) is 0 Å². The Bertz CT molecular complexity index is 577. The molecule has 1 aromatic rings. The van der Waals surface area contributed by atoms with Gasteiger partial charge in [-0.3, -0.25) is 9.79 Å². The SMILES string of the molecule is COCC(=O)Nc1ccc(F)c(C2(C)COCC(N)=N2)c1. The number of halogens is 1. The minimum Gasteiger partial charge on any atom is -0.386 e. The van der Waals surface area contributed by atoms with Crippen molar-refractivity contribution in [2.45, 2.75) is 12.5 Å². The molecule has 1 aliphatic heterocycles. The van der Waals surface area contributed by atoms with E-state index >= 15 is 0 Å². The van der Waals surface area contributed by atoms with Crippen molar-refractivity contribution in [2.24, 2.45) is 10.7 Å². The van der Waals surface area contributed by atoms with Crippen LogP contribution in [-0.4, -0.2) is 38.7 Å². The number of carbonyl (C=O) groups excluding carboxylic acids is 1. The number of methoxy groups -OCH3 is 1. The molecule has 21 heavy (non-hydrogen) atoms. The number of hydrogen-bond acceptors (Lipinski definition) is 5. The molecule has 1 aromatic carbocycles. The van der Waals surface area contributed by atoms with E-state index in [2.05, 4.69) is 10.3 Å². The van der Waals surface area contributed by atoms with Crippen LogP contribution in [0.3, 0.4) is 0 Å². The number of nitrogens with zero attached hydrogens (tertiary/aromatic N) is 1. The van der Waals surface area contributed by atoms with Crippen LogP contribution in [-0.2, 0) is 19.8 Å². The van der Waals surface area contributed by atoms with Gasteiger partial charge in [0.25, 0.3) is 0 Å². The van der Waals surface area contributed by atoms with E-state index in [1.807, 2.05) is 0 Å². The third-order valence-electron chi connectivity index (χ3n) is 3.13. The van der Waals surface area contributed by atoms with Gasteiger partial charge in [-0.25, -0.2) is 4.39 Å². The molecule has 6 nitrogen and oxygen atoms in total. The number of ether oxygens (including phenoxy) is 2. The Morgan fingerprint density at radius 1 is 1.62 bits per heavy atom. The summed E-state index contributed by atoms with van der Waals surface area (Å²) in [6.07, 6.45) is 0. The van der Waals surface area contributed by atoms with Gasteiger partial charge in [0.1, 0.15) is 30.4 Å². The van der Waals surface area contributed by atoms with E-state index in [4.69, 9.17) is 15.2 Å². The fraction of sp³-hybridized carbons (Fsp3) is 0.429. The fourth-order valence-corrected chi connectivity index (χ4v) is 2.22. The lowest BCUT2D eigenvalue weighted by Crippen LogP contribution is -2.38. The van der Waals surface area contributed by atoms with Gasteiger partial charge < -0.3 is 20.5 Å². The molecular formula is C14H18FN3O3. The number of hydrogen-bond donors (Lipinski definition) is 2. The molecule has 7 heteroatoms. The highest BCUT2D eigenvalue weighted by Crippen LogP contribution is 2.32. The van der Waals surface area contributed by atoms with Crippen LogP contribution in [0.2, 0.25) is 0 Å². The maximum atomic E-state index is 14.1. The molecule has 1 atom stereocenters. The lowest BCUT2D eigenvalue weighted by Gasteiger charge is -2.30. The largest absolute Gasteiger partial charge is 0.386 e. The third-order valence-corrected chi connectivity index (χ3v) is 3.13. The summed E-state index contributed by atoms with van der Waals surface area (Å²) in [5.41, 5.74) is 5.55. The summed E-state index contributed by atoms with van der Waals surface area (Å²) in [6.45, 7) is 2.12. The van der Waals surface area contributed by atoms with Crippen molar-refractivity contribution in [1.29, 1.82) is 0 Å². The molecule has 0 saturated carbocycles. The van der Waals surface area contributed by atoms with E-state index in [0.717, 1.165) is 0 Å². The van der Waals surface area contributed by atoms with Crippen molar-refractivity contribution in [3.63, 3.8) is 0 Å².